The Kier molecular flexibility index (Phi) is 2.37. The molecular formula is C10H11NO2S. The number of hydrogen-bond acceptors (Lipinski definition) is 3. The van der Waals surface area contributed by atoms with Gasteiger partial charge in [-0.25, -0.2) is 0 Å². The zero-order valence-corrected chi connectivity index (χ0v) is 8.62. The molecule has 1 heterocycles. The lowest BCUT2D eigenvalue weighted by Crippen LogP contribution is -2.35. The number of aliphatic carboxylic acids is 1. The second kappa shape index (κ2) is 3.53. The summed E-state index contributed by atoms with van der Waals surface area (Å²) >= 11 is 1.43. The predicted molar refractivity (Wildman–Crippen MR) is 57.0 cm³/mol. The highest BCUT2D eigenvalue weighted by atomic mass is 32.2. The van der Waals surface area contributed by atoms with Crippen LogP contribution in [-0.2, 0) is 4.79 Å². The second-order valence-corrected chi connectivity index (χ2v) is 4.54. The number of benzene rings is 1. The molecule has 1 aromatic rings. The van der Waals surface area contributed by atoms with Gasteiger partial charge in [-0.05, 0) is 12.1 Å². The lowest BCUT2D eigenvalue weighted by Gasteiger charge is -2.30. The molecule has 3 nitrogen and oxygen atoms in total. The van der Waals surface area contributed by atoms with Gasteiger partial charge in [-0.1, -0.05) is 12.1 Å². The molecule has 2 rings (SSSR count). The Labute approximate surface area is 86.7 Å². The van der Waals surface area contributed by atoms with Gasteiger partial charge < -0.3 is 10.0 Å². The molecule has 1 N–H and O–H groups in total. The largest absolute Gasteiger partial charge is 0.480 e. The Bertz CT molecular complexity index is 367. The third-order valence-electron chi connectivity index (χ3n) is 2.26. The summed E-state index contributed by atoms with van der Waals surface area (Å²) in [5.74, 6) is -0.739. The Balaban J connectivity index is 2.33. The maximum Gasteiger partial charge on any atom is 0.318 e. The maximum absolute atomic E-state index is 10.9. The van der Waals surface area contributed by atoms with E-state index in [9.17, 15) is 4.79 Å². The average molecular weight is 209 g/mol. The minimum absolute atomic E-state index is 0.352. The first-order valence-electron chi connectivity index (χ1n) is 4.38. The number of nitrogens with zero attached hydrogens (tertiary/aromatic N) is 1. The van der Waals surface area contributed by atoms with Crippen LogP contribution in [0.3, 0.4) is 0 Å². The molecule has 0 amide bonds. The van der Waals surface area contributed by atoms with Crippen molar-refractivity contribution < 1.29 is 9.90 Å². The Morgan fingerprint density at radius 1 is 1.57 bits per heavy atom. The number of thioether (sulfide) groups is 1. The smallest absolute Gasteiger partial charge is 0.318 e. The average Bonchev–Trinajstić information content (AvgIpc) is 2.17. The molecule has 0 aliphatic carbocycles. The fourth-order valence-corrected chi connectivity index (χ4v) is 2.75. The summed E-state index contributed by atoms with van der Waals surface area (Å²) in [5.41, 5.74) is 1.12. The first kappa shape index (κ1) is 9.40. The van der Waals surface area contributed by atoms with E-state index in [1.54, 1.807) is 0 Å². The molecule has 14 heavy (non-hydrogen) atoms. The number of carboxylic acids is 1. The normalized spacial score (nSPS) is 20.4. The number of rotatable bonds is 1. The molecule has 74 valence electrons. The van der Waals surface area contributed by atoms with E-state index in [2.05, 4.69) is 0 Å². The zero-order chi connectivity index (χ0) is 10.1. The van der Waals surface area contributed by atoms with Crippen LogP contribution in [0.2, 0.25) is 0 Å². The molecule has 1 aliphatic rings. The SMILES string of the molecule is CN1CC(C(=O)O)Sc2ccccc21. The van der Waals surface area contributed by atoms with Crippen LogP contribution in [-0.4, -0.2) is 29.9 Å². The number of fused-ring (bicyclic) bond motifs is 1. The maximum atomic E-state index is 10.9. The van der Waals surface area contributed by atoms with Crippen LogP contribution < -0.4 is 4.90 Å². The number of anilines is 1. The van der Waals surface area contributed by atoms with Gasteiger partial charge in [-0.2, -0.15) is 0 Å². The molecule has 0 saturated heterocycles. The first-order valence-corrected chi connectivity index (χ1v) is 5.26. The fraction of sp³-hybridized carbons (Fsp3) is 0.300. The Morgan fingerprint density at radius 2 is 2.29 bits per heavy atom. The van der Waals surface area contributed by atoms with Crippen molar-refractivity contribution >= 4 is 23.4 Å². The summed E-state index contributed by atoms with van der Waals surface area (Å²) in [6, 6.07) is 7.88. The van der Waals surface area contributed by atoms with E-state index < -0.39 is 5.97 Å². The van der Waals surface area contributed by atoms with Crippen molar-refractivity contribution in [1.29, 1.82) is 0 Å². The summed E-state index contributed by atoms with van der Waals surface area (Å²) in [5, 5.41) is 8.58. The number of carbonyl (C=O) groups is 1. The van der Waals surface area contributed by atoms with E-state index in [0.29, 0.717) is 6.54 Å². The van der Waals surface area contributed by atoms with Crippen LogP contribution in [0.15, 0.2) is 29.2 Å². The van der Waals surface area contributed by atoms with E-state index in [0.717, 1.165) is 10.6 Å². The highest BCUT2D eigenvalue weighted by molar-refractivity contribution is 8.00. The van der Waals surface area contributed by atoms with Gasteiger partial charge in [0.1, 0.15) is 5.25 Å². The molecular weight excluding hydrogens is 198 g/mol. The highest BCUT2D eigenvalue weighted by Gasteiger charge is 2.27. The minimum atomic E-state index is -0.739. The molecule has 1 atom stereocenters. The summed E-state index contributed by atoms with van der Waals surface area (Å²) in [7, 11) is 1.93. The van der Waals surface area contributed by atoms with Gasteiger partial charge in [0, 0.05) is 18.5 Å². The van der Waals surface area contributed by atoms with Crippen LogP contribution in [0, 0.1) is 0 Å². The third-order valence-corrected chi connectivity index (χ3v) is 3.50. The number of hydrogen-bond donors (Lipinski definition) is 1. The van der Waals surface area contributed by atoms with E-state index in [1.165, 1.54) is 11.8 Å². The Morgan fingerprint density at radius 3 is 3.00 bits per heavy atom. The fourth-order valence-electron chi connectivity index (χ4n) is 1.54. The summed E-state index contributed by atoms with van der Waals surface area (Å²) in [4.78, 5) is 13.9. The van der Waals surface area contributed by atoms with Crippen LogP contribution in [0.25, 0.3) is 0 Å². The van der Waals surface area contributed by atoms with Crippen LogP contribution in [0.4, 0.5) is 5.69 Å². The summed E-state index contributed by atoms with van der Waals surface area (Å²) in [6.07, 6.45) is 0. The molecule has 0 bridgehead atoms. The van der Waals surface area contributed by atoms with E-state index >= 15 is 0 Å². The lowest BCUT2D eigenvalue weighted by molar-refractivity contribution is -0.136. The Hall–Kier alpha value is -1.16. The topological polar surface area (TPSA) is 40.5 Å². The van der Waals surface area contributed by atoms with Crippen molar-refractivity contribution in [2.75, 3.05) is 18.5 Å². The lowest BCUT2D eigenvalue weighted by atomic mass is 10.2. The van der Waals surface area contributed by atoms with Crippen molar-refractivity contribution in [2.24, 2.45) is 0 Å². The van der Waals surface area contributed by atoms with Gasteiger partial charge in [0.25, 0.3) is 0 Å². The van der Waals surface area contributed by atoms with E-state index in [-0.39, 0.29) is 5.25 Å². The molecule has 0 aromatic heterocycles. The van der Waals surface area contributed by atoms with Crippen molar-refractivity contribution in [3.63, 3.8) is 0 Å². The number of para-hydroxylation sites is 1. The predicted octanol–water partition coefficient (Wildman–Crippen LogP) is 1.68. The van der Waals surface area contributed by atoms with Gasteiger partial charge in [0.05, 0.1) is 5.69 Å². The van der Waals surface area contributed by atoms with Gasteiger partial charge in [-0.15, -0.1) is 11.8 Å². The first-order chi connectivity index (χ1) is 6.68. The van der Waals surface area contributed by atoms with Crippen molar-refractivity contribution in [1.82, 2.24) is 0 Å². The minimum Gasteiger partial charge on any atom is -0.480 e. The van der Waals surface area contributed by atoms with Gasteiger partial charge in [0.2, 0.25) is 0 Å². The van der Waals surface area contributed by atoms with Crippen LogP contribution in [0.5, 0.6) is 0 Å². The monoisotopic (exact) mass is 209 g/mol. The second-order valence-electron chi connectivity index (χ2n) is 3.29. The van der Waals surface area contributed by atoms with Gasteiger partial charge >= 0.3 is 5.97 Å². The van der Waals surface area contributed by atoms with E-state index in [4.69, 9.17) is 5.11 Å². The van der Waals surface area contributed by atoms with Crippen molar-refractivity contribution in [3.8, 4) is 0 Å². The van der Waals surface area contributed by atoms with Crippen LogP contribution in [0.1, 0.15) is 0 Å². The third kappa shape index (κ3) is 1.57. The highest BCUT2D eigenvalue weighted by Crippen LogP contribution is 2.37. The molecule has 4 heteroatoms. The number of carboxylic acid groups (broad SMARTS) is 1. The zero-order valence-electron chi connectivity index (χ0n) is 7.80. The van der Waals surface area contributed by atoms with Crippen LogP contribution >= 0.6 is 11.8 Å². The van der Waals surface area contributed by atoms with E-state index in [1.807, 2.05) is 36.2 Å². The molecule has 0 radical (unpaired) electrons. The van der Waals surface area contributed by atoms with Gasteiger partial charge in [0.15, 0.2) is 0 Å². The summed E-state index contributed by atoms with van der Waals surface area (Å²) in [6.45, 7) is 0.566. The molecule has 0 fully saturated rings. The van der Waals surface area contributed by atoms with Gasteiger partial charge in [-0.3, -0.25) is 4.79 Å². The molecule has 1 aromatic carbocycles. The standard InChI is InChI=1S/C10H11NO2S/c1-11-6-9(10(12)13)14-8-5-3-2-4-7(8)11/h2-5,9H,6H2,1H3,(H,12,13). The molecule has 0 spiro atoms. The van der Waals surface area contributed by atoms with Crippen molar-refractivity contribution in [3.05, 3.63) is 24.3 Å². The quantitative estimate of drug-likeness (QED) is 0.764. The molecule has 0 saturated carbocycles. The molecule has 1 unspecified atom stereocenters. The molecule has 1 aliphatic heterocycles. The van der Waals surface area contributed by atoms with Crippen molar-refractivity contribution in [2.45, 2.75) is 10.1 Å². The summed E-state index contributed by atoms with van der Waals surface area (Å²) < 4.78 is 0.